The third kappa shape index (κ3) is 8.40. The predicted octanol–water partition coefficient (Wildman–Crippen LogP) is 3.25. The third-order valence-electron chi connectivity index (χ3n) is 4.36. The third-order valence-corrected chi connectivity index (χ3v) is 4.60. The Morgan fingerprint density at radius 3 is 2.38 bits per heavy atom. The first-order valence-corrected chi connectivity index (χ1v) is 11.0. The molecule has 34 heavy (non-hydrogen) atoms. The minimum absolute atomic E-state index is 0.0172. The Morgan fingerprint density at radius 2 is 1.79 bits per heavy atom. The minimum Gasteiger partial charge on any atom is -0.464 e. The van der Waals surface area contributed by atoms with Gasteiger partial charge in [0.25, 0.3) is 0 Å². The minimum atomic E-state index is -1.57. The van der Waals surface area contributed by atoms with Crippen molar-refractivity contribution in [2.75, 3.05) is 13.2 Å². The van der Waals surface area contributed by atoms with Crippen LogP contribution in [0.2, 0.25) is 5.02 Å². The van der Waals surface area contributed by atoms with Gasteiger partial charge in [-0.15, -0.1) is 0 Å². The summed E-state index contributed by atoms with van der Waals surface area (Å²) in [5.41, 5.74) is 3.03. The van der Waals surface area contributed by atoms with Crippen LogP contribution in [0.15, 0.2) is 42.5 Å². The van der Waals surface area contributed by atoms with E-state index >= 15 is 0 Å². The first-order chi connectivity index (χ1) is 15.9. The molecule has 2 rings (SSSR count). The Balaban J connectivity index is 2.19. The molecule has 0 aliphatic heterocycles. The molecule has 1 atom stereocenters. The molecule has 0 aromatic heterocycles. The second kappa shape index (κ2) is 11.9. The van der Waals surface area contributed by atoms with Gasteiger partial charge >= 0.3 is 17.8 Å². The molecule has 184 valence electrons. The molecule has 8 nitrogen and oxygen atoms in total. The highest BCUT2D eigenvalue weighted by Crippen LogP contribution is 2.26. The van der Waals surface area contributed by atoms with Crippen molar-refractivity contribution in [2.24, 2.45) is 0 Å². The van der Waals surface area contributed by atoms with E-state index in [-0.39, 0.29) is 19.7 Å². The average Bonchev–Trinajstić information content (AvgIpc) is 2.75. The summed E-state index contributed by atoms with van der Waals surface area (Å²) in [6.45, 7) is 6.18. The molecule has 1 amide bonds. The SMILES string of the molecule is CCOC(=O)[C@H](O)CN(Cc1ccc(-c2cc(Cl)ccc2F)cc1)NC(=O)C(=O)OC(C)(C)C. The van der Waals surface area contributed by atoms with E-state index in [1.54, 1.807) is 52.0 Å². The number of aliphatic hydroxyl groups is 1. The number of hydrazine groups is 1. The first kappa shape index (κ1) is 27.2. The fourth-order valence-corrected chi connectivity index (χ4v) is 3.09. The summed E-state index contributed by atoms with van der Waals surface area (Å²) in [6.07, 6.45) is -1.57. The Kier molecular flexibility index (Phi) is 9.55. The van der Waals surface area contributed by atoms with Gasteiger partial charge in [0.15, 0.2) is 6.10 Å². The van der Waals surface area contributed by atoms with Crippen molar-refractivity contribution in [1.82, 2.24) is 10.4 Å². The summed E-state index contributed by atoms with van der Waals surface area (Å²) >= 11 is 5.96. The Labute approximate surface area is 202 Å². The molecule has 0 unspecified atom stereocenters. The van der Waals surface area contributed by atoms with Crippen LogP contribution in [0.5, 0.6) is 0 Å². The molecule has 0 radical (unpaired) electrons. The molecular formula is C24H28ClFN2O6. The van der Waals surface area contributed by atoms with Crippen LogP contribution in [-0.4, -0.2) is 52.8 Å². The van der Waals surface area contributed by atoms with Crippen molar-refractivity contribution in [3.05, 3.63) is 58.9 Å². The smallest absolute Gasteiger partial charge is 0.398 e. The van der Waals surface area contributed by atoms with Gasteiger partial charge in [-0.25, -0.2) is 19.0 Å². The van der Waals surface area contributed by atoms with E-state index in [0.29, 0.717) is 21.7 Å². The van der Waals surface area contributed by atoms with Gasteiger partial charge in [-0.3, -0.25) is 10.2 Å². The van der Waals surface area contributed by atoms with Gasteiger partial charge < -0.3 is 14.6 Å². The molecule has 2 aromatic rings. The molecule has 0 saturated heterocycles. The maximum atomic E-state index is 14.2. The van der Waals surface area contributed by atoms with E-state index in [1.165, 1.54) is 23.2 Å². The molecule has 0 aliphatic carbocycles. The quantitative estimate of drug-likeness (QED) is 0.329. The molecule has 0 heterocycles. The highest BCUT2D eigenvalue weighted by molar-refractivity contribution is 6.32. The zero-order valence-electron chi connectivity index (χ0n) is 19.4. The normalized spacial score (nSPS) is 12.2. The lowest BCUT2D eigenvalue weighted by Crippen LogP contribution is -2.50. The number of carbonyl (C=O) groups is 3. The molecule has 0 fully saturated rings. The highest BCUT2D eigenvalue weighted by Gasteiger charge is 2.27. The van der Waals surface area contributed by atoms with Crippen LogP contribution in [-0.2, 0) is 30.4 Å². The Hall–Kier alpha value is -3.01. The fraction of sp³-hybridized carbons (Fsp3) is 0.375. The van der Waals surface area contributed by atoms with Crippen LogP contribution in [0.4, 0.5) is 4.39 Å². The van der Waals surface area contributed by atoms with Gasteiger partial charge in [-0.05, 0) is 57.0 Å². The molecule has 2 aromatic carbocycles. The maximum Gasteiger partial charge on any atom is 0.398 e. The van der Waals surface area contributed by atoms with Crippen LogP contribution in [0, 0.1) is 5.82 Å². The van der Waals surface area contributed by atoms with Crippen molar-refractivity contribution < 1.29 is 33.4 Å². The van der Waals surface area contributed by atoms with Crippen molar-refractivity contribution in [1.29, 1.82) is 0 Å². The molecule has 0 saturated carbocycles. The molecule has 0 spiro atoms. The lowest BCUT2D eigenvalue weighted by molar-refractivity contribution is -0.166. The summed E-state index contributed by atoms with van der Waals surface area (Å²) in [5, 5.41) is 11.7. The van der Waals surface area contributed by atoms with E-state index in [9.17, 15) is 23.9 Å². The van der Waals surface area contributed by atoms with Gasteiger partial charge in [0.05, 0.1) is 13.2 Å². The van der Waals surface area contributed by atoms with Gasteiger partial charge in [-0.2, -0.15) is 0 Å². The number of rotatable bonds is 8. The van der Waals surface area contributed by atoms with E-state index in [2.05, 4.69) is 5.43 Å². The monoisotopic (exact) mass is 494 g/mol. The summed E-state index contributed by atoms with van der Waals surface area (Å²) in [5.74, 6) is -3.48. The number of hydrogen-bond acceptors (Lipinski definition) is 7. The molecule has 10 heteroatoms. The van der Waals surface area contributed by atoms with Gasteiger partial charge in [0.1, 0.15) is 11.4 Å². The second-order valence-corrected chi connectivity index (χ2v) is 8.85. The van der Waals surface area contributed by atoms with Crippen molar-refractivity contribution >= 4 is 29.4 Å². The Morgan fingerprint density at radius 1 is 1.15 bits per heavy atom. The first-order valence-electron chi connectivity index (χ1n) is 10.6. The van der Waals surface area contributed by atoms with Gasteiger partial charge in [-0.1, -0.05) is 35.9 Å². The molecular weight excluding hydrogens is 467 g/mol. The number of nitrogens with zero attached hydrogens (tertiary/aromatic N) is 1. The highest BCUT2D eigenvalue weighted by atomic mass is 35.5. The second-order valence-electron chi connectivity index (χ2n) is 8.41. The van der Waals surface area contributed by atoms with Crippen molar-refractivity contribution in [3.63, 3.8) is 0 Å². The van der Waals surface area contributed by atoms with Crippen LogP contribution >= 0.6 is 11.6 Å². The number of nitrogens with one attached hydrogen (secondary N) is 1. The standard InChI is InChI=1S/C24H28ClFN2O6/c1-5-33-22(31)20(29)14-28(27-21(30)23(32)34-24(2,3)4)13-15-6-8-16(9-7-15)18-12-17(25)10-11-19(18)26/h6-12,20,29H,5,13-14H2,1-4H3,(H,27,30)/t20-/m1/s1. The van der Waals surface area contributed by atoms with Crippen LogP contribution < -0.4 is 5.43 Å². The maximum absolute atomic E-state index is 14.2. The van der Waals surface area contributed by atoms with E-state index in [0.717, 1.165) is 0 Å². The topological polar surface area (TPSA) is 105 Å². The summed E-state index contributed by atoms with van der Waals surface area (Å²) < 4.78 is 24.0. The summed E-state index contributed by atoms with van der Waals surface area (Å²) in [6, 6.07) is 10.9. The van der Waals surface area contributed by atoms with Crippen molar-refractivity contribution in [2.45, 2.75) is 45.9 Å². The number of benzene rings is 2. The average molecular weight is 495 g/mol. The number of halogens is 2. The molecule has 2 N–H and O–H groups in total. The molecule has 0 aliphatic rings. The van der Waals surface area contributed by atoms with Gasteiger partial charge in [0, 0.05) is 17.1 Å². The number of carbonyl (C=O) groups excluding carboxylic acids is 3. The number of amides is 1. The van der Waals surface area contributed by atoms with Crippen molar-refractivity contribution in [3.8, 4) is 11.1 Å². The number of ether oxygens (including phenoxy) is 2. The van der Waals surface area contributed by atoms with Crippen LogP contribution in [0.3, 0.4) is 0 Å². The van der Waals surface area contributed by atoms with Gasteiger partial charge in [0.2, 0.25) is 0 Å². The zero-order valence-corrected chi connectivity index (χ0v) is 20.2. The number of aliphatic hydroxyl groups excluding tert-OH is 1. The lowest BCUT2D eigenvalue weighted by Gasteiger charge is -2.26. The number of esters is 2. The van der Waals surface area contributed by atoms with E-state index in [1.807, 2.05) is 0 Å². The predicted molar refractivity (Wildman–Crippen MR) is 124 cm³/mol. The summed E-state index contributed by atoms with van der Waals surface area (Å²) in [4.78, 5) is 36.2. The van der Waals surface area contributed by atoms with Crippen LogP contribution in [0.1, 0.15) is 33.3 Å². The zero-order chi connectivity index (χ0) is 25.5. The van der Waals surface area contributed by atoms with E-state index in [4.69, 9.17) is 21.1 Å². The fourth-order valence-electron chi connectivity index (χ4n) is 2.91. The Bertz CT molecular complexity index is 1020. The lowest BCUT2D eigenvalue weighted by atomic mass is 10.0. The number of hydrogen-bond donors (Lipinski definition) is 2. The largest absolute Gasteiger partial charge is 0.464 e. The summed E-state index contributed by atoms with van der Waals surface area (Å²) in [7, 11) is 0. The van der Waals surface area contributed by atoms with Crippen LogP contribution in [0.25, 0.3) is 11.1 Å². The van der Waals surface area contributed by atoms with E-state index < -0.39 is 35.4 Å². The molecule has 0 bridgehead atoms.